The standard InChI is InChI=1S/C30H37NO3/c1-22-11-13-24(14-12-22)26(28-10-7-18-34-28)20-29(32)31-17-15-25(23-8-5-4-6-9-23)27-16-19-33-21-30(27,2)3/h4-14,18,25-27H,15-17,19-21H2,1-3H3,(H,31,32)/t25-,26+,27+/m1/s1. The van der Waals surface area contributed by atoms with Crippen molar-refractivity contribution < 1.29 is 13.9 Å². The summed E-state index contributed by atoms with van der Waals surface area (Å²) in [6, 6.07) is 22.9. The Morgan fingerprint density at radius 2 is 1.79 bits per heavy atom. The van der Waals surface area contributed by atoms with Gasteiger partial charge in [-0.25, -0.2) is 0 Å². The van der Waals surface area contributed by atoms with Crippen molar-refractivity contribution in [3.05, 3.63) is 95.4 Å². The Morgan fingerprint density at radius 1 is 1.03 bits per heavy atom. The maximum absolute atomic E-state index is 13.0. The zero-order valence-electron chi connectivity index (χ0n) is 20.6. The van der Waals surface area contributed by atoms with Gasteiger partial charge in [0, 0.05) is 19.6 Å². The molecular weight excluding hydrogens is 422 g/mol. The van der Waals surface area contributed by atoms with E-state index in [0.29, 0.717) is 24.8 Å². The fourth-order valence-electron chi connectivity index (χ4n) is 5.39. The molecule has 4 rings (SSSR count). The smallest absolute Gasteiger partial charge is 0.221 e. The number of carbonyl (C=O) groups is 1. The van der Waals surface area contributed by atoms with E-state index in [0.717, 1.165) is 37.4 Å². The molecule has 3 aromatic rings. The summed E-state index contributed by atoms with van der Waals surface area (Å²) < 4.78 is 11.5. The van der Waals surface area contributed by atoms with Crippen molar-refractivity contribution in [2.24, 2.45) is 11.3 Å². The third kappa shape index (κ3) is 5.98. The van der Waals surface area contributed by atoms with Crippen molar-refractivity contribution in [3.8, 4) is 0 Å². The Bertz CT molecular complexity index is 1020. The third-order valence-electron chi connectivity index (χ3n) is 7.30. The fourth-order valence-corrected chi connectivity index (χ4v) is 5.39. The van der Waals surface area contributed by atoms with Crippen molar-refractivity contribution in [2.75, 3.05) is 19.8 Å². The van der Waals surface area contributed by atoms with E-state index in [4.69, 9.17) is 9.15 Å². The highest BCUT2D eigenvalue weighted by atomic mass is 16.5. The van der Waals surface area contributed by atoms with Crippen LogP contribution in [0.3, 0.4) is 0 Å². The van der Waals surface area contributed by atoms with Crippen molar-refractivity contribution >= 4 is 5.91 Å². The van der Waals surface area contributed by atoms with Crippen LogP contribution < -0.4 is 5.32 Å². The van der Waals surface area contributed by atoms with E-state index < -0.39 is 0 Å². The van der Waals surface area contributed by atoms with Crippen LogP contribution in [0.25, 0.3) is 0 Å². The van der Waals surface area contributed by atoms with Crippen LogP contribution in [0.4, 0.5) is 0 Å². The van der Waals surface area contributed by atoms with Crippen LogP contribution in [-0.4, -0.2) is 25.7 Å². The summed E-state index contributed by atoms with van der Waals surface area (Å²) in [5, 5.41) is 3.21. The molecule has 34 heavy (non-hydrogen) atoms. The maximum Gasteiger partial charge on any atom is 0.221 e. The van der Waals surface area contributed by atoms with Crippen LogP contribution in [0.2, 0.25) is 0 Å². The molecular formula is C30H37NO3. The minimum atomic E-state index is -0.0880. The van der Waals surface area contributed by atoms with E-state index in [1.165, 1.54) is 11.1 Å². The predicted molar refractivity (Wildman–Crippen MR) is 136 cm³/mol. The summed E-state index contributed by atoms with van der Waals surface area (Å²) in [6.45, 7) is 8.94. The number of rotatable bonds is 9. The predicted octanol–water partition coefficient (Wildman–Crippen LogP) is 6.46. The van der Waals surface area contributed by atoms with Gasteiger partial charge in [0.1, 0.15) is 5.76 Å². The quantitative estimate of drug-likeness (QED) is 0.399. The number of nitrogens with one attached hydrogen (secondary N) is 1. The number of amides is 1. The molecule has 1 aromatic heterocycles. The Hall–Kier alpha value is -2.85. The van der Waals surface area contributed by atoms with Crippen LogP contribution in [0.15, 0.2) is 77.4 Å². The van der Waals surface area contributed by atoms with Crippen molar-refractivity contribution in [1.29, 1.82) is 0 Å². The lowest BCUT2D eigenvalue weighted by molar-refractivity contribution is -0.121. The molecule has 4 heteroatoms. The lowest BCUT2D eigenvalue weighted by Gasteiger charge is -2.43. The molecule has 0 aliphatic carbocycles. The molecule has 1 amide bonds. The number of carbonyl (C=O) groups excluding carboxylic acids is 1. The van der Waals surface area contributed by atoms with Gasteiger partial charge in [-0.2, -0.15) is 0 Å². The summed E-state index contributed by atoms with van der Waals surface area (Å²) in [5.74, 6) is 1.70. The molecule has 2 heterocycles. The van der Waals surface area contributed by atoms with Gasteiger partial charge in [-0.15, -0.1) is 0 Å². The highest BCUT2D eigenvalue weighted by molar-refractivity contribution is 5.77. The Morgan fingerprint density at radius 3 is 2.47 bits per heavy atom. The second-order valence-electron chi connectivity index (χ2n) is 10.3. The molecule has 1 N–H and O–H groups in total. The van der Waals surface area contributed by atoms with Crippen LogP contribution in [-0.2, 0) is 9.53 Å². The maximum atomic E-state index is 13.0. The average molecular weight is 460 g/mol. The number of aryl methyl sites for hydroxylation is 1. The van der Waals surface area contributed by atoms with Gasteiger partial charge < -0.3 is 14.5 Å². The van der Waals surface area contributed by atoms with Crippen molar-refractivity contribution in [2.45, 2.75) is 51.9 Å². The first-order valence-electron chi connectivity index (χ1n) is 12.4. The molecule has 180 valence electrons. The summed E-state index contributed by atoms with van der Waals surface area (Å²) >= 11 is 0. The topological polar surface area (TPSA) is 51.5 Å². The molecule has 0 radical (unpaired) electrons. The van der Waals surface area contributed by atoms with Gasteiger partial charge in [-0.1, -0.05) is 74.0 Å². The normalized spacial score (nSPS) is 19.3. The number of furan rings is 1. The minimum Gasteiger partial charge on any atom is -0.469 e. The van der Waals surface area contributed by atoms with E-state index in [-0.39, 0.29) is 17.2 Å². The number of hydrogen-bond donors (Lipinski definition) is 1. The molecule has 0 spiro atoms. The second-order valence-corrected chi connectivity index (χ2v) is 10.3. The summed E-state index contributed by atoms with van der Waals surface area (Å²) in [7, 11) is 0. The lowest BCUT2D eigenvalue weighted by atomic mass is 9.66. The highest BCUT2D eigenvalue weighted by Gasteiger charge is 2.38. The van der Waals surface area contributed by atoms with E-state index in [9.17, 15) is 4.79 Å². The van der Waals surface area contributed by atoms with Crippen LogP contribution in [0, 0.1) is 18.3 Å². The summed E-state index contributed by atoms with van der Waals surface area (Å²) in [6.07, 6.45) is 4.01. The first-order valence-corrected chi connectivity index (χ1v) is 12.4. The zero-order valence-corrected chi connectivity index (χ0v) is 20.6. The van der Waals surface area contributed by atoms with Crippen molar-refractivity contribution in [1.82, 2.24) is 5.32 Å². The Labute approximate surface area is 203 Å². The zero-order chi connectivity index (χ0) is 24.0. The molecule has 2 aromatic carbocycles. The summed E-state index contributed by atoms with van der Waals surface area (Å²) in [5.41, 5.74) is 3.76. The van der Waals surface area contributed by atoms with Gasteiger partial charge in [0.25, 0.3) is 0 Å². The van der Waals surface area contributed by atoms with E-state index in [1.54, 1.807) is 6.26 Å². The second kappa shape index (κ2) is 11.1. The molecule has 3 atom stereocenters. The average Bonchev–Trinajstić information content (AvgIpc) is 3.37. The molecule has 4 nitrogen and oxygen atoms in total. The molecule has 1 aliphatic heterocycles. The fraction of sp³-hybridized carbons (Fsp3) is 0.433. The van der Waals surface area contributed by atoms with Crippen LogP contribution in [0.1, 0.15) is 67.4 Å². The van der Waals surface area contributed by atoms with Gasteiger partial charge in [0.15, 0.2) is 0 Å². The molecule has 0 unspecified atom stereocenters. The lowest BCUT2D eigenvalue weighted by Crippen LogP contribution is -2.39. The van der Waals surface area contributed by atoms with E-state index >= 15 is 0 Å². The van der Waals surface area contributed by atoms with Crippen LogP contribution in [0.5, 0.6) is 0 Å². The number of ether oxygens (including phenoxy) is 1. The first-order chi connectivity index (χ1) is 16.4. The van der Waals surface area contributed by atoms with Gasteiger partial charge in [-0.05, 0) is 60.3 Å². The van der Waals surface area contributed by atoms with Gasteiger partial charge >= 0.3 is 0 Å². The van der Waals surface area contributed by atoms with E-state index in [1.807, 2.05) is 12.1 Å². The molecule has 0 saturated carbocycles. The molecule has 1 aliphatic rings. The molecule has 0 bridgehead atoms. The van der Waals surface area contributed by atoms with Crippen LogP contribution >= 0.6 is 0 Å². The first kappa shape index (κ1) is 24.3. The third-order valence-corrected chi connectivity index (χ3v) is 7.30. The summed E-state index contributed by atoms with van der Waals surface area (Å²) in [4.78, 5) is 13.0. The number of benzene rings is 2. The molecule has 1 fully saturated rings. The van der Waals surface area contributed by atoms with E-state index in [2.05, 4.69) is 80.7 Å². The minimum absolute atomic E-state index is 0.0556. The van der Waals surface area contributed by atoms with Gasteiger partial charge in [-0.3, -0.25) is 4.79 Å². The SMILES string of the molecule is Cc1ccc([C@H](CC(=O)NCC[C@H](c2ccccc2)[C@@H]2CCOCC2(C)C)c2ccco2)cc1. The van der Waals surface area contributed by atoms with Gasteiger partial charge in [0.2, 0.25) is 5.91 Å². The highest BCUT2D eigenvalue weighted by Crippen LogP contribution is 2.44. The molecule has 1 saturated heterocycles. The van der Waals surface area contributed by atoms with Gasteiger partial charge in [0.05, 0.1) is 18.8 Å². The monoisotopic (exact) mass is 459 g/mol. The largest absolute Gasteiger partial charge is 0.469 e. The van der Waals surface area contributed by atoms with Crippen molar-refractivity contribution in [3.63, 3.8) is 0 Å². The number of hydrogen-bond acceptors (Lipinski definition) is 3. The Kier molecular flexibility index (Phi) is 7.89. The Balaban J connectivity index is 1.42.